The fourth-order valence-electron chi connectivity index (χ4n) is 4.01. The lowest BCUT2D eigenvalue weighted by Crippen LogP contribution is -2.32. The van der Waals surface area contributed by atoms with E-state index in [2.05, 4.69) is 5.32 Å². The zero-order chi connectivity index (χ0) is 24.2. The molecular formula is C28H28N2O4. The van der Waals surface area contributed by atoms with E-state index in [1.807, 2.05) is 63.2 Å². The summed E-state index contributed by atoms with van der Waals surface area (Å²) in [5.41, 5.74) is 4.33. The Morgan fingerprint density at radius 2 is 1.56 bits per heavy atom. The molecule has 0 atom stereocenters. The maximum absolute atomic E-state index is 13.7. The van der Waals surface area contributed by atoms with Crippen LogP contribution in [0.3, 0.4) is 0 Å². The van der Waals surface area contributed by atoms with E-state index in [-0.39, 0.29) is 11.6 Å². The van der Waals surface area contributed by atoms with Crippen LogP contribution in [-0.4, -0.2) is 25.5 Å². The van der Waals surface area contributed by atoms with E-state index in [1.165, 1.54) is 4.90 Å². The van der Waals surface area contributed by atoms with E-state index in [1.54, 1.807) is 31.4 Å². The van der Waals surface area contributed by atoms with Gasteiger partial charge < -0.3 is 14.8 Å². The third-order valence-corrected chi connectivity index (χ3v) is 5.50. The highest BCUT2D eigenvalue weighted by molar-refractivity contribution is 6.46. The molecule has 0 saturated carbocycles. The minimum absolute atomic E-state index is 0.224. The van der Waals surface area contributed by atoms with Crippen LogP contribution in [0.4, 0.5) is 11.4 Å². The van der Waals surface area contributed by atoms with Crippen LogP contribution in [0.5, 0.6) is 11.5 Å². The Hall–Kier alpha value is -4.06. The first-order valence-corrected chi connectivity index (χ1v) is 11.3. The molecule has 3 aromatic carbocycles. The first-order chi connectivity index (χ1) is 16.4. The van der Waals surface area contributed by atoms with Gasteiger partial charge in [0.15, 0.2) is 0 Å². The molecule has 0 radical (unpaired) electrons. The summed E-state index contributed by atoms with van der Waals surface area (Å²) in [5, 5.41) is 3.20. The van der Waals surface area contributed by atoms with Gasteiger partial charge in [-0.1, -0.05) is 31.2 Å². The lowest BCUT2D eigenvalue weighted by Gasteiger charge is -2.17. The second-order valence-electron chi connectivity index (χ2n) is 8.27. The van der Waals surface area contributed by atoms with Crippen molar-refractivity contribution in [3.8, 4) is 11.5 Å². The maximum Gasteiger partial charge on any atom is 0.282 e. The number of hydrogen-bond donors (Lipinski definition) is 1. The van der Waals surface area contributed by atoms with Gasteiger partial charge in [0.2, 0.25) is 0 Å². The van der Waals surface area contributed by atoms with E-state index >= 15 is 0 Å². The molecule has 4 rings (SSSR count). The third-order valence-electron chi connectivity index (χ3n) is 5.50. The number of carbonyl (C=O) groups is 2. The van der Waals surface area contributed by atoms with Crippen molar-refractivity contribution >= 4 is 28.8 Å². The summed E-state index contributed by atoms with van der Waals surface area (Å²) in [5.74, 6) is 0.589. The predicted octanol–water partition coefficient (Wildman–Crippen LogP) is 5.50. The van der Waals surface area contributed by atoms with E-state index in [0.29, 0.717) is 40.6 Å². The number of rotatable bonds is 8. The molecule has 174 valence electrons. The van der Waals surface area contributed by atoms with Crippen LogP contribution in [0.2, 0.25) is 0 Å². The SMILES string of the molecule is CCCOc1cccc(NC2=C(c3ccc(OC)cc3)C(=O)N(c3cc(C)cc(C)c3)C2=O)c1. The lowest BCUT2D eigenvalue weighted by atomic mass is 10.0. The Bertz CT molecular complexity index is 1240. The van der Waals surface area contributed by atoms with Gasteiger partial charge in [-0.25, -0.2) is 4.90 Å². The van der Waals surface area contributed by atoms with Crippen molar-refractivity contribution in [2.24, 2.45) is 0 Å². The van der Waals surface area contributed by atoms with Crippen LogP contribution >= 0.6 is 0 Å². The molecule has 0 fully saturated rings. The van der Waals surface area contributed by atoms with Gasteiger partial charge in [0.1, 0.15) is 17.2 Å². The van der Waals surface area contributed by atoms with Crippen molar-refractivity contribution < 1.29 is 19.1 Å². The molecule has 1 aliphatic heterocycles. The van der Waals surface area contributed by atoms with Crippen LogP contribution in [0.1, 0.15) is 30.0 Å². The molecule has 1 heterocycles. The van der Waals surface area contributed by atoms with Crippen LogP contribution < -0.4 is 19.7 Å². The number of imide groups is 1. The number of nitrogens with zero attached hydrogens (tertiary/aromatic N) is 1. The van der Waals surface area contributed by atoms with Gasteiger partial charge >= 0.3 is 0 Å². The van der Waals surface area contributed by atoms with Crippen molar-refractivity contribution in [2.75, 3.05) is 23.9 Å². The highest BCUT2D eigenvalue weighted by atomic mass is 16.5. The maximum atomic E-state index is 13.7. The summed E-state index contributed by atoms with van der Waals surface area (Å²) >= 11 is 0. The van der Waals surface area contributed by atoms with Gasteiger partial charge in [0.25, 0.3) is 11.8 Å². The number of amides is 2. The molecule has 34 heavy (non-hydrogen) atoms. The fraction of sp³-hybridized carbons (Fsp3) is 0.214. The number of aryl methyl sites for hydroxylation is 2. The monoisotopic (exact) mass is 456 g/mol. The van der Waals surface area contributed by atoms with Crippen molar-refractivity contribution in [1.29, 1.82) is 0 Å². The lowest BCUT2D eigenvalue weighted by molar-refractivity contribution is -0.120. The number of benzene rings is 3. The Balaban J connectivity index is 1.78. The largest absolute Gasteiger partial charge is 0.497 e. The quantitative estimate of drug-likeness (QED) is 0.454. The molecule has 6 heteroatoms. The highest BCUT2D eigenvalue weighted by Gasteiger charge is 2.40. The molecule has 1 N–H and O–H groups in total. The number of nitrogens with one attached hydrogen (secondary N) is 1. The van der Waals surface area contributed by atoms with Crippen LogP contribution in [0.25, 0.3) is 5.57 Å². The Kier molecular flexibility index (Phi) is 6.68. The molecule has 0 spiro atoms. The summed E-state index contributed by atoms with van der Waals surface area (Å²) in [6.07, 6.45) is 0.891. The number of carbonyl (C=O) groups excluding carboxylic acids is 2. The first-order valence-electron chi connectivity index (χ1n) is 11.3. The Labute approximate surface area is 199 Å². The molecule has 0 saturated heterocycles. The number of methoxy groups -OCH3 is 1. The summed E-state index contributed by atoms with van der Waals surface area (Å²) in [6.45, 7) is 6.53. The number of anilines is 2. The van der Waals surface area contributed by atoms with E-state index < -0.39 is 5.91 Å². The minimum atomic E-state index is -0.402. The topological polar surface area (TPSA) is 67.9 Å². The normalized spacial score (nSPS) is 13.5. The van der Waals surface area contributed by atoms with E-state index in [9.17, 15) is 9.59 Å². The molecule has 6 nitrogen and oxygen atoms in total. The average Bonchev–Trinajstić information content (AvgIpc) is 3.06. The summed E-state index contributed by atoms with van der Waals surface area (Å²) in [6, 6.07) is 20.2. The molecule has 0 bridgehead atoms. The molecule has 2 amide bonds. The van der Waals surface area contributed by atoms with Gasteiger partial charge in [-0.15, -0.1) is 0 Å². The van der Waals surface area contributed by atoms with Crippen LogP contribution in [-0.2, 0) is 9.59 Å². The van der Waals surface area contributed by atoms with Gasteiger partial charge in [0.05, 0.1) is 25.0 Å². The van der Waals surface area contributed by atoms with Crippen molar-refractivity contribution in [1.82, 2.24) is 0 Å². The fourth-order valence-corrected chi connectivity index (χ4v) is 4.01. The smallest absolute Gasteiger partial charge is 0.282 e. The summed E-state index contributed by atoms with van der Waals surface area (Å²) in [4.78, 5) is 28.5. The number of ether oxygens (including phenoxy) is 2. The third kappa shape index (κ3) is 4.66. The zero-order valence-corrected chi connectivity index (χ0v) is 19.8. The Morgan fingerprint density at radius 1 is 0.853 bits per heavy atom. The van der Waals surface area contributed by atoms with Crippen LogP contribution in [0.15, 0.2) is 72.4 Å². The summed E-state index contributed by atoms with van der Waals surface area (Å²) < 4.78 is 11.0. The standard InChI is InChI=1S/C28H28N2O4/c1-5-13-34-24-8-6-7-21(17-24)29-26-25(20-9-11-23(33-4)12-10-20)27(31)30(28(26)32)22-15-18(2)14-19(3)16-22/h6-12,14-17,29H,5,13H2,1-4H3. The minimum Gasteiger partial charge on any atom is -0.497 e. The number of hydrogen-bond acceptors (Lipinski definition) is 5. The average molecular weight is 457 g/mol. The van der Waals surface area contributed by atoms with Crippen molar-refractivity contribution in [2.45, 2.75) is 27.2 Å². The zero-order valence-electron chi connectivity index (χ0n) is 19.8. The second-order valence-corrected chi connectivity index (χ2v) is 8.27. The molecule has 0 unspecified atom stereocenters. The first kappa shape index (κ1) is 23.1. The van der Waals surface area contributed by atoms with E-state index in [0.717, 1.165) is 17.5 Å². The van der Waals surface area contributed by atoms with Crippen molar-refractivity contribution in [3.63, 3.8) is 0 Å². The molecule has 3 aromatic rings. The molecular weight excluding hydrogens is 428 g/mol. The van der Waals surface area contributed by atoms with Gasteiger partial charge in [0, 0.05) is 11.8 Å². The predicted molar refractivity (Wildman–Crippen MR) is 134 cm³/mol. The van der Waals surface area contributed by atoms with E-state index in [4.69, 9.17) is 9.47 Å². The Morgan fingerprint density at radius 3 is 2.21 bits per heavy atom. The second kappa shape index (κ2) is 9.83. The molecule has 0 aromatic heterocycles. The van der Waals surface area contributed by atoms with Gasteiger partial charge in [-0.2, -0.15) is 0 Å². The highest BCUT2D eigenvalue weighted by Crippen LogP contribution is 2.35. The van der Waals surface area contributed by atoms with Gasteiger partial charge in [-0.3, -0.25) is 9.59 Å². The van der Waals surface area contributed by atoms with Gasteiger partial charge in [-0.05, 0) is 73.4 Å². The van der Waals surface area contributed by atoms with Crippen molar-refractivity contribution in [3.05, 3.63) is 89.1 Å². The molecule has 0 aliphatic carbocycles. The molecule has 1 aliphatic rings. The summed E-state index contributed by atoms with van der Waals surface area (Å²) in [7, 11) is 1.58. The van der Waals surface area contributed by atoms with Crippen LogP contribution in [0, 0.1) is 13.8 Å².